The van der Waals surface area contributed by atoms with Crippen molar-refractivity contribution in [3.63, 3.8) is 0 Å². The lowest BCUT2D eigenvalue weighted by molar-refractivity contribution is 0.0358. The van der Waals surface area contributed by atoms with Gasteiger partial charge in [-0.05, 0) is 19.4 Å². The summed E-state index contributed by atoms with van der Waals surface area (Å²) in [6.45, 7) is 4.49. The number of carbonyl (C=O) groups is 1. The molecule has 18 heavy (non-hydrogen) atoms. The van der Waals surface area contributed by atoms with Crippen molar-refractivity contribution in [3.8, 4) is 0 Å². The van der Waals surface area contributed by atoms with Crippen LogP contribution in [0.2, 0.25) is 0 Å². The normalized spacial score (nSPS) is 25.4. The van der Waals surface area contributed by atoms with E-state index in [-0.39, 0.29) is 10.7 Å². The maximum absolute atomic E-state index is 12.1. The zero-order valence-corrected chi connectivity index (χ0v) is 11.2. The first-order valence-electron chi connectivity index (χ1n) is 6.29. The maximum Gasteiger partial charge on any atom is 0.257 e. The third kappa shape index (κ3) is 2.06. The van der Waals surface area contributed by atoms with Gasteiger partial charge in [-0.15, -0.1) is 11.8 Å². The maximum atomic E-state index is 12.1. The van der Waals surface area contributed by atoms with Crippen molar-refractivity contribution in [2.24, 2.45) is 0 Å². The third-order valence-corrected chi connectivity index (χ3v) is 5.17. The van der Waals surface area contributed by atoms with Crippen LogP contribution in [0.25, 0.3) is 0 Å². The molecule has 0 saturated carbocycles. The monoisotopic (exact) mass is 267 g/mol. The molecule has 0 bridgehead atoms. The van der Waals surface area contributed by atoms with E-state index < -0.39 is 0 Å². The summed E-state index contributed by atoms with van der Waals surface area (Å²) in [5, 5.41) is 0. The molecule has 98 valence electrons. The summed E-state index contributed by atoms with van der Waals surface area (Å²) in [6.07, 6.45) is 4.49. The highest BCUT2D eigenvalue weighted by Gasteiger charge is 2.50. The Hall–Kier alpha value is -0.940. The summed E-state index contributed by atoms with van der Waals surface area (Å²) < 4.78 is 10.9. The molecule has 2 aliphatic heterocycles. The molecule has 0 aromatic carbocycles. The predicted octanol–water partition coefficient (Wildman–Crippen LogP) is 2.02. The minimum atomic E-state index is 0.0786. The van der Waals surface area contributed by atoms with Crippen molar-refractivity contribution in [2.75, 3.05) is 25.4 Å². The van der Waals surface area contributed by atoms with Gasteiger partial charge < -0.3 is 14.1 Å². The lowest BCUT2D eigenvalue weighted by Crippen LogP contribution is -2.60. The smallest absolute Gasteiger partial charge is 0.257 e. The number of hydrogen-bond donors (Lipinski definition) is 0. The molecule has 1 aromatic heterocycles. The van der Waals surface area contributed by atoms with Crippen LogP contribution in [-0.4, -0.2) is 47.1 Å². The van der Waals surface area contributed by atoms with E-state index in [1.54, 1.807) is 6.07 Å². The molecule has 1 atom stereocenters. The zero-order valence-electron chi connectivity index (χ0n) is 10.4. The average molecular weight is 267 g/mol. The molecule has 3 heterocycles. The van der Waals surface area contributed by atoms with Crippen LogP contribution < -0.4 is 0 Å². The van der Waals surface area contributed by atoms with Gasteiger partial charge in [-0.1, -0.05) is 0 Å². The first-order valence-corrected chi connectivity index (χ1v) is 7.28. The highest BCUT2D eigenvalue weighted by Crippen LogP contribution is 2.46. The molecule has 0 radical (unpaired) electrons. The lowest BCUT2D eigenvalue weighted by atomic mass is 9.92. The Morgan fingerprint density at radius 1 is 1.67 bits per heavy atom. The van der Waals surface area contributed by atoms with E-state index in [1.807, 2.05) is 23.6 Å². The van der Waals surface area contributed by atoms with Gasteiger partial charge in [-0.3, -0.25) is 4.79 Å². The molecule has 2 aliphatic rings. The summed E-state index contributed by atoms with van der Waals surface area (Å²) in [5.41, 5.74) is 0.647. The molecule has 3 rings (SSSR count). The SMILES string of the molecule is CCOC1CSC2(C1)CN(C(=O)c1ccoc1)C2. The number of carbonyl (C=O) groups excluding carboxylic acids is 1. The second-order valence-corrected chi connectivity index (χ2v) is 6.44. The van der Waals surface area contributed by atoms with Gasteiger partial charge in [0.25, 0.3) is 5.91 Å². The number of thioether (sulfide) groups is 1. The van der Waals surface area contributed by atoms with Gasteiger partial charge in [0.2, 0.25) is 0 Å². The molecule has 4 nitrogen and oxygen atoms in total. The fourth-order valence-corrected chi connectivity index (χ4v) is 4.28. The number of hydrogen-bond acceptors (Lipinski definition) is 4. The second kappa shape index (κ2) is 4.63. The van der Waals surface area contributed by atoms with Crippen LogP contribution in [0.3, 0.4) is 0 Å². The molecular weight excluding hydrogens is 250 g/mol. The van der Waals surface area contributed by atoms with Gasteiger partial charge in [0, 0.05) is 25.4 Å². The minimum Gasteiger partial charge on any atom is -0.472 e. The summed E-state index contributed by atoms with van der Waals surface area (Å²) in [6, 6.07) is 1.72. The van der Waals surface area contributed by atoms with Gasteiger partial charge in [0.05, 0.1) is 22.7 Å². The Kier molecular flexibility index (Phi) is 3.11. The summed E-state index contributed by atoms with van der Waals surface area (Å²) in [7, 11) is 0. The first kappa shape index (κ1) is 12.1. The van der Waals surface area contributed by atoms with E-state index in [2.05, 4.69) is 0 Å². The van der Waals surface area contributed by atoms with Gasteiger partial charge >= 0.3 is 0 Å². The predicted molar refractivity (Wildman–Crippen MR) is 69.8 cm³/mol. The lowest BCUT2D eigenvalue weighted by Gasteiger charge is -2.47. The number of likely N-dealkylation sites (tertiary alicyclic amines) is 1. The fraction of sp³-hybridized carbons (Fsp3) is 0.615. The van der Waals surface area contributed by atoms with Crippen LogP contribution in [0.15, 0.2) is 23.0 Å². The number of furan rings is 1. The topological polar surface area (TPSA) is 42.7 Å². The highest BCUT2D eigenvalue weighted by atomic mass is 32.2. The van der Waals surface area contributed by atoms with Crippen molar-refractivity contribution in [3.05, 3.63) is 24.2 Å². The zero-order chi connectivity index (χ0) is 12.6. The van der Waals surface area contributed by atoms with Gasteiger partial charge in [0.1, 0.15) is 6.26 Å². The van der Waals surface area contributed by atoms with E-state index in [4.69, 9.17) is 9.15 Å². The quantitative estimate of drug-likeness (QED) is 0.840. The van der Waals surface area contributed by atoms with E-state index in [0.29, 0.717) is 11.7 Å². The Labute approximate surface area is 111 Å². The molecule has 1 spiro atoms. The van der Waals surface area contributed by atoms with Crippen molar-refractivity contribution in [2.45, 2.75) is 24.2 Å². The summed E-state index contributed by atoms with van der Waals surface area (Å²) >= 11 is 1.96. The molecule has 1 amide bonds. The number of nitrogens with zero attached hydrogens (tertiary/aromatic N) is 1. The van der Waals surface area contributed by atoms with Crippen molar-refractivity contribution >= 4 is 17.7 Å². The van der Waals surface area contributed by atoms with E-state index >= 15 is 0 Å². The molecule has 1 unspecified atom stereocenters. The van der Waals surface area contributed by atoms with Crippen LogP contribution in [0.4, 0.5) is 0 Å². The van der Waals surface area contributed by atoms with Crippen LogP contribution in [0, 0.1) is 0 Å². The van der Waals surface area contributed by atoms with E-state index in [9.17, 15) is 4.79 Å². The molecule has 0 aliphatic carbocycles. The van der Waals surface area contributed by atoms with Gasteiger partial charge in [-0.2, -0.15) is 0 Å². The molecular formula is C13H17NO3S. The molecule has 5 heteroatoms. The molecule has 2 saturated heterocycles. The van der Waals surface area contributed by atoms with Crippen molar-refractivity contribution < 1.29 is 13.9 Å². The second-order valence-electron chi connectivity index (χ2n) is 4.95. The summed E-state index contributed by atoms with van der Waals surface area (Å²) in [5.74, 6) is 1.14. The van der Waals surface area contributed by atoms with Gasteiger partial charge in [-0.25, -0.2) is 0 Å². The minimum absolute atomic E-state index is 0.0786. The van der Waals surface area contributed by atoms with Gasteiger partial charge in [0.15, 0.2) is 0 Å². The largest absolute Gasteiger partial charge is 0.472 e. The standard InChI is InChI=1S/C13H17NO3S/c1-2-17-11-5-13(18-7-11)8-14(9-13)12(15)10-3-4-16-6-10/h3-4,6,11H,2,5,7-9H2,1H3. The third-order valence-electron chi connectivity index (χ3n) is 3.59. The molecule has 2 fully saturated rings. The Bertz CT molecular complexity index is 425. The first-order chi connectivity index (χ1) is 8.72. The van der Waals surface area contributed by atoms with Crippen LogP contribution in [-0.2, 0) is 4.74 Å². The fourth-order valence-electron chi connectivity index (χ4n) is 2.73. The van der Waals surface area contributed by atoms with E-state index in [0.717, 1.165) is 31.9 Å². The molecule has 0 N–H and O–H groups in total. The van der Waals surface area contributed by atoms with Crippen LogP contribution in [0.1, 0.15) is 23.7 Å². The Morgan fingerprint density at radius 3 is 3.17 bits per heavy atom. The summed E-state index contributed by atoms with van der Waals surface area (Å²) in [4.78, 5) is 14.0. The molecule has 1 aromatic rings. The Balaban J connectivity index is 1.56. The number of rotatable bonds is 3. The van der Waals surface area contributed by atoms with Crippen molar-refractivity contribution in [1.29, 1.82) is 0 Å². The number of amides is 1. The highest BCUT2D eigenvalue weighted by molar-refractivity contribution is 8.01. The average Bonchev–Trinajstić information content (AvgIpc) is 2.95. The van der Waals surface area contributed by atoms with E-state index in [1.165, 1.54) is 12.5 Å². The number of ether oxygens (including phenoxy) is 1. The van der Waals surface area contributed by atoms with Crippen LogP contribution in [0.5, 0.6) is 0 Å². The Morgan fingerprint density at radius 2 is 2.50 bits per heavy atom. The van der Waals surface area contributed by atoms with Crippen LogP contribution >= 0.6 is 11.8 Å². The van der Waals surface area contributed by atoms with Crippen molar-refractivity contribution in [1.82, 2.24) is 4.90 Å².